The Morgan fingerprint density at radius 3 is 2.73 bits per heavy atom. The largest absolute Gasteiger partial charge is 0.454 e. The van der Waals surface area contributed by atoms with E-state index in [1.165, 1.54) is 6.33 Å². The molecule has 0 aliphatic rings. The topological polar surface area (TPSA) is 103 Å². The number of nitrogens with zero attached hydrogens (tertiary/aromatic N) is 2. The van der Waals surface area contributed by atoms with Gasteiger partial charge in [-0.05, 0) is 30.2 Å². The fraction of sp³-hybridized carbons (Fsp3) is 0.182. The zero-order valence-corrected chi connectivity index (χ0v) is 16.3. The molecule has 0 saturated carbocycles. The lowest BCUT2D eigenvalue weighted by Crippen LogP contribution is -2.28. The molecule has 2 aromatic heterocycles. The van der Waals surface area contributed by atoms with E-state index in [2.05, 4.69) is 10.3 Å². The number of esters is 1. The summed E-state index contributed by atoms with van der Waals surface area (Å²) in [5, 5.41) is 3.44. The molecule has 0 radical (unpaired) electrons. The summed E-state index contributed by atoms with van der Waals surface area (Å²) in [5.41, 5.74) is 2.22. The molecule has 0 spiro atoms. The van der Waals surface area contributed by atoms with Crippen LogP contribution in [-0.4, -0.2) is 28.0 Å². The number of furan rings is 1. The van der Waals surface area contributed by atoms with E-state index in [0.717, 1.165) is 21.9 Å². The number of rotatable bonds is 6. The first-order valence-corrected chi connectivity index (χ1v) is 9.47. The molecule has 0 unspecified atom stereocenters. The molecule has 0 aliphatic heterocycles. The molecule has 4 rings (SSSR count). The number of fused-ring (bicyclic) bond motifs is 3. The van der Waals surface area contributed by atoms with Crippen LogP contribution < -0.4 is 10.9 Å². The Bertz CT molecular complexity index is 1310. The van der Waals surface area contributed by atoms with Crippen molar-refractivity contribution < 1.29 is 18.7 Å². The van der Waals surface area contributed by atoms with Gasteiger partial charge < -0.3 is 14.5 Å². The Labute approximate surface area is 171 Å². The normalized spacial score (nSPS) is 11.0. The van der Waals surface area contributed by atoms with E-state index in [9.17, 15) is 14.4 Å². The van der Waals surface area contributed by atoms with Crippen LogP contribution in [0, 0.1) is 0 Å². The highest BCUT2D eigenvalue weighted by molar-refractivity contribution is 6.01. The van der Waals surface area contributed by atoms with Crippen molar-refractivity contribution in [3.05, 3.63) is 70.8 Å². The van der Waals surface area contributed by atoms with Crippen molar-refractivity contribution >= 4 is 39.6 Å². The van der Waals surface area contributed by atoms with Gasteiger partial charge in [0.25, 0.3) is 11.5 Å². The number of ether oxygens (including phenoxy) is 1. The fourth-order valence-electron chi connectivity index (χ4n) is 3.20. The monoisotopic (exact) mass is 405 g/mol. The van der Waals surface area contributed by atoms with E-state index in [1.807, 2.05) is 37.3 Å². The van der Waals surface area contributed by atoms with Crippen molar-refractivity contribution in [1.29, 1.82) is 0 Å². The molecule has 1 N–H and O–H groups in total. The van der Waals surface area contributed by atoms with Crippen molar-refractivity contribution in [2.24, 2.45) is 0 Å². The average Bonchev–Trinajstić information content (AvgIpc) is 3.14. The van der Waals surface area contributed by atoms with Gasteiger partial charge in [0, 0.05) is 11.1 Å². The second-order valence-corrected chi connectivity index (χ2v) is 6.67. The summed E-state index contributed by atoms with van der Waals surface area (Å²) in [4.78, 5) is 41.1. The summed E-state index contributed by atoms with van der Waals surface area (Å²) in [7, 11) is 0. The van der Waals surface area contributed by atoms with Gasteiger partial charge in [0.15, 0.2) is 6.61 Å². The van der Waals surface area contributed by atoms with Crippen LogP contribution in [0.5, 0.6) is 0 Å². The maximum Gasteiger partial charge on any atom is 0.326 e. The number of anilines is 1. The van der Waals surface area contributed by atoms with E-state index < -0.39 is 24.0 Å². The van der Waals surface area contributed by atoms with Crippen molar-refractivity contribution in [2.45, 2.75) is 19.9 Å². The van der Waals surface area contributed by atoms with Crippen LogP contribution in [0.25, 0.3) is 22.1 Å². The molecule has 2 aromatic carbocycles. The number of aromatic nitrogens is 2. The third-order valence-corrected chi connectivity index (χ3v) is 4.69. The van der Waals surface area contributed by atoms with E-state index in [4.69, 9.17) is 9.15 Å². The van der Waals surface area contributed by atoms with Gasteiger partial charge in [-0.1, -0.05) is 37.3 Å². The molecule has 8 heteroatoms. The van der Waals surface area contributed by atoms with Crippen LogP contribution in [0.4, 0.5) is 5.69 Å². The van der Waals surface area contributed by atoms with Gasteiger partial charge in [-0.15, -0.1) is 0 Å². The van der Waals surface area contributed by atoms with E-state index >= 15 is 0 Å². The highest BCUT2D eigenvalue weighted by Gasteiger charge is 2.16. The van der Waals surface area contributed by atoms with Gasteiger partial charge in [0.1, 0.15) is 17.6 Å². The molecule has 0 atom stereocenters. The summed E-state index contributed by atoms with van der Waals surface area (Å²) in [6.45, 7) is 1.15. The first-order valence-electron chi connectivity index (χ1n) is 9.47. The Hall–Kier alpha value is -3.94. The van der Waals surface area contributed by atoms with Crippen molar-refractivity contribution in [3.63, 3.8) is 0 Å². The maximum absolute atomic E-state index is 12.6. The van der Waals surface area contributed by atoms with E-state index in [-0.39, 0.29) is 12.1 Å². The number of nitrogens with one attached hydrogen (secondary N) is 1. The van der Waals surface area contributed by atoms with Crippen LogP contribution in [0.1, 0.15) is 12.5 Å². The quantitative estimate of drug-likeness (QED) is 0.495. The van der Waals surface area contributed by atoms with Gasteiger partial charge >= 0.3 is 5.97 Å². The number of amides is 1. The second-order valence-electron chi connectivity index (χ2n) is 6.67. The molecule has 8 nitrogen and oxygen atoms in total. The molecule has 0 fully saturated rings. The smallest absolute Gasteiger partial charge is 0.326 e. The second kappa shape index (κ2) is 8.20. The highest BCUT2D eigenvalue weighted by atomic mass is 16.5. The molecule has 2 heterocycles. The number of hydrogen-bond acceptors (Lipinski definition) is 6. The molecule has 0 saturated heterocycles. The zero-order chi connectivity index (χ0) is 21.1. The third-order valence-electron chi connectivity index (χ3n) is 4.69. The Balaban J connectivity index is 1.42. The average molecular weight is 405 g/mol. The minimum atomic E-state index is -0.728. The predicted octanol–water partition coefficient (Wildman–Crippen LogP) is 2.89. The fourth-order valence-corrected chi connectivity index (χ4v) is 3.20. The Kier molecular flexibility index (Phi) is 5.30. The number of carbonyl (C=O) groups is 2. The van der Waals surface area contributed by atoms with Gasteiger partial charge in [-0.2, -0.15) is 0 Å². The first kappa shape index (κ1) is 19.4. The van der Waals surface area contributed by atoms with Gasteiger partial charge in [-0.25, -0.2) is 4.98 Å². The number of carbonyl (C=O) groups excluding carboxylic acids is 2. The summed E-state index contributed by atoms with van der Waals surface area (Å²) >= 11 is 0. The number of hydrogen-bond donors (Lipinski definition) is 1. The Morgan fingerprint density at radius 2 is 1.90 bits per heavy atom. The molecule has 0 aliphatic carbocycles. The summed E-state index contributed by atoms with van der Waals surface area (Å²) < 4.78 is 11.7. The lowest BCUT2D eigenvalue weighted by atomic mass is 10.1. The summed E-state index contributed by atoms with van der Waals surface area (Å²) in [6, 6.07) is 14.6. The lowest BCUT2D eigenvalue weighted by Gasteiger charge is -2.10. The van der Waals surface area contributed by atoms with Crippen molar-refractivity contribution in [3.8, 4) is 0 Å². The molecule has 0 bridgehead atoms. The SMILES string of the molecule is CCc1ccccc1NC(=O)COC(=O)Cn1cnc2c(oc3ccccc32)c1=O. The molecule has 4 aromatic rings. The molecule has 152 valence electrons. The number of benzene rings is 2. The molecular weight excluding hydrogens is 386 g/mol. The van der Waals surface area contributed by atoms with Crippen LogP contribution in [-0.2, 0) is 27.3 Å². The molecular formula is C22H19N3O5. The van der Waals surface area contributed by atoms with Gasteiger partial charge in [0.2, 0.25) is 5.58 Å². The molecule has 1 amide bonds. The minimum absolute atomic E-state index is 0.0698. The van der Waals surface area contributed by atoms with Crippen LogP contribution in [0.3, 0.4) is 0 Å². The van der Waals surface area contributed by atoms with Crippen LogP contribution in [0.2, 0.25) is 0 Å². The maximum atomic E-state index is 12.6. The zero-order valence-electron chi connectivity index (χ0n) is 16.3. The van der Waals surface area contributed by atoms with Gasteiger partial charge in [-0.3, -0.25) is 19.0 Å². The standard InChI is InChI=1S/C22H19N3O5/c1-2-14-7-3-5-9-16(14)24-18(26)12-29-19(27)11-25-13-23-20-15-8-4-6-10-17(15)30-21(20)22(25)28/h3-10,13H,2,11-12H2,1H3,(H,24,26). The number of aryl methyl sites for hydroxylation is 1. The Morgan fingerprint density at radius 1 is 1.13 bits per heavy atom. The first-order chi connectivity index (χ1) is 14.6. The summed E-state index contributed by atoms with van der Waals surface area (Å²) in [6.07, 6.45) is 2.03. The van der Waals surface area contributed by atoms with Crippen molar-refractivity contribution in [1.82, 2.24) is 9.55 Å². The van der Waals surface area contributed by atoms with Crippen LogP contribution >= 0.6 is 0 Å². The predicted molar refractivity (Wildman–Crippen MR) is 111 cm³/mol. The van der Waals surface area contributed by atoms with Crippen molar-refractivity contribution in [2.75, 3.05) is 11.9 Å². The summed E-state index contributed by atoms with van der Waals surface area (Å²) in [5.74, 6) is -1.18. The van der Waals surface area contributed by atoms with E-state index in [1.54, 1.807) is 18.2 Å². The van der Waals surface area contributed by atoms with Crippen LogP contribution in [0.15, 0.2) is 64.1 Å². The highest BCUT2D eigenvalue weighted by Crippen LogP contribution is 2.24. The minimum Gasteiger partial charge on any atom is -0.454 e. The van der Waals surface area contributed by atoms with E-state index in [0.29, 0.717) is 16.8 Å². The lowest BCUT2D eigenvalue weighted by molar-refractivity contribution is -0.147. The van der Waals surface area contributed by atoms with Gasteiger partial charge in [0.05, 0.1) is 6.33 Å². The third kappa shape index (κ3) is 3.80. The molecule has 30 heavy (non-hydrogen) atoms. The number of para-hydroxylation sites is 2.